The van der Waals surface area contributed by atoms with Crippen molar-refractivity contribution in [2.24, 2.45) is 10.8 Å². The topological polar surface area (TPSA) is 0 Å². The second kappa shape index (κ2) is 17.5. The molecule has 0 nitrogen and oxygen atoms in total. The van der Waals surface area contributed by atoms with Gasteiger partial charge >= 0.3 is 123 Å². The molecule has 0 saturated heterocycles. The largest absolute Gasteiger partial charge is 1.00 e. The number of fused-ring (bicyclic) bond motifs is 5. The van der Waals surface area contributed by atoms with Crippen LogP contribution < -0.4 is 24.8 Å². The molecule has 0 unspecified atom stereocenters. The van der Waals surface area contributed by atoms with E-state index in [4.69, 9.17) is 23.2 Å². The van der Waals surface area contributed by atoms with Crippen LogP contribution in [0.1, 0.15) is 109 Å². The summed E-state index contributed by atoms with van der Waals surface area (Å²) in [5.41, 5.74) is 11.8. The summed E-state index contributed by atoms with van der Waals surface area (Å²) >= 11 is 11.0. The summed E-state index contributed by atoms with van der Waals surface area (Å²) in [6.45, 7) is 23.5. The molecule has 0 N–H and O–H groups in total. The van der Waals surface area contributed by atoms with Gasteiger partial charge in [0, 0.05) is 10.8 Å². The van der Waals surface area contributed by atoms with Gasteiger partial charge in [-0.05, 0) is 33.1 Å². The number of benzene rings is 4. The first-order valence-corrected chi connectivity index (χ1v) is 22.3. The molecule has 0 atom stereocenters. The van der Waals surface area contributed by atoms with Gasteiger partial charge in [-0.2, -0.15) is 6.08 Å². The third kappa shape index (κ3) is 10.3. The molecule has 5 aromatic rings. The Balaban J connectivity index is 0.000000236. The number of rotatable bonds is 2. The molecule has 0 heterocycles. The van der Waals surface area contributed by atoms with Gasteiger partial charge in [0.25, 0.3) is 0 Å². The molecule has 5 aromatic carbocycles. The van der Waals surface area contributed by atoms with Crippen molar-refractivity contribution in [1.29, 1.82) is 0 Å². The Bertz CT molecular complexity index is 2190. The SMILES string of the molecule is CC(C)(C)C1=CC(C)(C)c2cc3[cH-]c4cc5c(cc4c3cc21)C(C(C)(C)C)=CC5(C)C.Clc1ccc([CH]=[Zr]=[CH]c2ccc(Cl)cc2)cc1.[C-]1=CC=CC1.[Cl-].[Cl-]. The number of allylic oxidation sites excluding steroid dienone is 8. The van der Waals surface area contributed by atoms with Crippen molar-refractivity contribution < 1.29 is 47.1 Å². The third-order valence-corrected chi connectivity index (χ3v) is 13.4. The smallest absolute Gasteiger partial charge is 0.109 e. The zero-order chi connectivity index (χ0) is 38.3. The Hall–Kier alpha value is -2.51. The summed E-state index contributed by atoms with van der Waals surface area (Å²) in [7, 11) is 0. The average Bonchev–Trinajstić information content (AvgIpc) is 3.87. The van der Waals surface area contributed by atoms with E-state index in [-0.39, 0.29) is 46.5 Å². The van der Waals surface area contributed by atoms with E-state index in [9.17, 15) is 0 Å². The van der Waals surface area contributed by atoms with Gasteiger partial charge in [0.15, 0.2) is 0 Å². The molecule has 55 heavy (non-hydrogen) atoms. The molecule has 0 aromatic heterocycles. The quantitative estimate of drug-likeness (QED) is 0.156. The minimum absolute atomic E-state index is 0. The molecule has 8 rings (SSSR count). The van der Waals surface area contributed by atoms with Gasteiger partial charge in [0.2, 0.25) is 0 Å². The first kappa shape index (κ1) is 45.2. The van der Waals surface area contributed by atoms with E-state index in [1.807, 2.05) is 36.4 Å². The summed E-state index contributed by atoms with van der Waals surface area (Å²) < 4.78 is 4.66. The fourth-order valence-corrected chi connectivity index (χ4v) is 9.93. The van der Waals surface area contributed by atoms with Gasteiger partial charge in [-0.25, -0.2) is 12.2 Å². The van der Waals surface area contributed by atoms with Crippen molar-refractivity contribution in [3.63, 3.8) is 0 Å². The normalized spacial score (nSPS) is 15.6. The zero-order valence-corrected chi connectivity index (χ0v) is 39.2. The van der Waals surface area contributed by atoms with Crippen LogP contribution in [0.25, 0.3) is 32.7 Å². The Labute approximate surface area is 363 Å². The van der Waals surface area contributed by atoms with Gasteiger partial charge < -0.3 is 24.8 Å². The second-order valence-corrected chi connectivity index (χ2v) is 20.8. The van der Waals surface area contributed by atoms with E-state index in [0.717, 1.165) is 16.5 Å². The summed E-state index contributed by atoms with van der Waals surface area (Å²) in [5.74, 6) is 0. The predicted octanol–water partition coefficient (Wildman–Crippen LogP) is 8.54. The standard InChI is InChI=1S/C31H37.2C7H5Cl.C5H5.2ClH.Zr/c1-28(2,3)26-16-30(7,8)24-12-18-11-19-13-25-23(15-21(19)20(18)14-22(24)26)27(29(4,5)6)17-31(25,9)10;2*1-6-2-4-7(8)5-3-6;1-2-4-5-3-1;;;/h11-17H,1-10H3;2*1-5H;1-3H,4H2;2*1H;/q-1;;;-1;;;/p-2. The van der Waals surface area contributed by atoms with E-state index >= 15 is 0 Å². The van der Waals surface area contributed by atoms with Crippen LogP contribution in [0.15, 0.2) is 109 Å². The Morgan fingerprint density at radius 2 is 1.04 bits per heavy atom. The van der Waals surface area contributed by atoms with E-state index in [1.165, 1.54) is 66.1 Å². The number of hydrogen-bond acceptors (Lipinski definition) is 0. The molecule has 0 radical (unpaired) electrons. The van der Waals surface area contributed by atoms with Crippen molar-refractivity contribution in [2.75, 3.05) is 0 Å². The molecule has 0 spiro atoms. The molecule has 0 fully saturated rings. The molecule has 288 valence electrons. The average molecular weight is 886 g/mol. The van der Waals surface area contributed by atoms with E-state index in [0.29, 0.717) is 0 Å². The minimum atomic E-state index is -0.623. The number of hydrogen-bond donors (Lipinski definition) is 0. The van der Waals surface area contributed by atoms with Crippen LogP contribution in [0.2, 0.25) is 10.0 Å². The molecular weight excluding hydrogens is 834 g/mol. The van der Waals surface area contributed by atoms with Crippen LogP contribution in [0, 0.1) is 16.9 Å². The molecule has 3 aliphatic rings. The van der Waals surface area contributed by atoms with Crippen LogP contribution in [0.4, 0.5) is 0 Å². The molecule has 3 aliphatic carbocycles. The van der Waals surface area contributed by atoms with Crippen LogP contribution in [-0.2, 0) is 33.1 Å². The van der Waals surface area contributed by atoms with Crippen LogP contribution in [0.5, 0.6) is 0 Å². The zero-order valence-electron chi connectivity index (χ0n) is 33.8. The van der Waals surface area contributed by atoms with Crippen molar-refractivity contribution in [1.82, 2.24) is 0 Å². The van der Waals surface area contributed by atoms with Crippen molar-refractivity contribution >= 4 is 63.3 Å². The maximum Gasteiger partial charge on any atom is -0.109 e. The minimum Gasteiger partial charge on any atom is -1.00 e. The van der Waals surface area contributed by atoms with Crippen LogP contribution in [-0.4, -0.2) is 7.42 Å². The second-order valence-electron chi connectivity index (χ2n) is 17.7. The monoisotopic (exact) mass is 882 g/mol. The third-order valence-electron chi connectivity index (χ3n) is 10.4. The fraction of sp³-hybridized carbons (Fsp3) is 0.300. The Morgan fingerprint density at radius 3 is 1.35 bits per heavy atom. The van der Waals surface area contributed by atoms with Crippen molar-refractivity contribution in [3.8, 4) is 0 Å². The predicted molar refractivity (Wildman–Crippen MR) is 233 cm³/mol. The van der Waals surface area contributed by atoms with E-state index in [1.54, 1.807) is 0 Å². The van der Waals surface area contributed by atoms with Gasteiger partial charge in [-0.3, -0.25) is 6.08 Å². The maximum absolute atomic E-state index is 5.84. The van der Waals surface area contributed by atoms with Gasteiger partial charge in [-0.15, -0.1) is 46.2 Å². The van der Waals surface area contributed by atoms with Gasteiger partial charge in [0.05, 0.1) is 0 Å². The first-order valence-electron chi connectivity index (χ1n) is 18.7. The van der Waals surface area contributed by atoms with Crippen LogP contribution in [0.3, 0.4) is 0 Å². The van der Waals surface area contributed by atoms with Crippen molar-refractivity contribution in [3.05, 3.63) is 159 Å². The van der Waals surface area contributed by atoms with Crippen LogP contribution >= 0.6 is 23.2 Å². The molecule has 0 saturated carbocycles. The summed E-state index contributed by atoms with van der Waals surface area (Å²) in [4.78, 5) is 0. The molecular formula is C50H52Cl4Zr-4. The van der Waals surface area contributed by atoms with Crippen molar-refractivity contribution in [2.45, 2.75) is 86.5 Å². The maximum atomic E-state index is 5.84. The molecule has 0 bridgehead atoms. The summed E-state index contributed by atoms with van der Waals surface area (Å²) in [6, 6.07) is 28.3. The summed E-state index contributed by atoms with van der Waals surface area (Å²) in [5, 5.41) is 7.15. The van der Waals surface area contributed by atoms with Gasteiger partial charge in [0.1, 0.15) is 0 Å². The molecule has 0 amide bonds. The van der Waals surface area contributed by atoms with E-state index in [2.05, 4.69) is 156 Å². The number of halogens is 4. The Morgan fingerprint density at radius 1 is 0.636 bits per heavy atom. The Kier molecular flexibility index (Phi) is 14.4. The molecule has 5 heteroatoms. The molecule has 0 aliphatic heterocycles. The first-order chi connectivity index (χ1) is 24.8. The fourth-order valence-electron chi connectivity index (χ4n) is 7.58. The van der Waals surface area contributed by atoms with Gasteiger partial charge in [-0.1, -0.05) is 105 Å². The van der Waals surface area contributed by atoms with E-state index < -0.39 is 22.3 Å². The summed E-state index contributed by atoms with van der Waals surface area (Å²) in [6.07, 6.45) is 15.0.